The third-order valence-corrected chi connectivity index (χ3v) is 7.01. The largest absolute Gasteiger partial charge is 0.496 e. The van der Waals surface area contributed by atoms with Crippen LogP contribution in [0.2, 0.25) is 0 Å². The number of anilines is 1. The maximum atomic E-state index is 13.4. The highest BCUT2D eigenvalue weighted by Crippen LogP contribution is 2.35. The molecule has 40 heavy (non-hydrogen) atoms. The van der Waals surface area contributed by atoms with Crippen LogP contribution in [0.15, 0.2) is 51.1 Å². The number of carbonyl (C=O) groups is 2. The summed E-state index contributed by atoms with van der Waals surface area (Å²) in [4.78, 5) is 44.3. The lowest BCUT2D eigenvalue weighted by Gasteiger charge is -2.27. The van der Waals surface area contributed by atoms with Crippen LogP contribution in [0.25, 0.3) is 22.1 Å². The van der Waals surface area contributed by atoms with Crippen molar-refractivity contribution in [1.29, 1.82) is 0 Å². The van der Waals surface area contributed by atoms with E-state index in [2.05, 4.69) is 4.98 Å². The van der Waals surface area contributed by atoms with Crippen molar-refractivity contribution in [3.63, 3.8) is 0 Å². The van der Waals surface area contributed by atoms with Gasteiger partial charge < -0.3 is 18.6 Å². The van der Waals surface area contributed by atoms with Crippen LogP contribution < -0.4 is 15.1 Å². The van der Waals surface area contributed by atoms with Crippen molar-refractivity contribution in [1.82, 2.24) is 4.98 Å². The molecule has 0 saturated carbocycles. The maximum Gasteiger partial charge on any atom is 0.415 e. The zero-order chi connectivity index (χ0) is 29.2. The van der Waals surface area contributed by atoms with Gasteiger partial charge in [0.1, 0.15) is 21.9 Å². The molecule has 1 aromatic carbocycles. The van der Waals surface area contributed by atoms with Gasteiger partial charge in [-0.15, -0.1) is 11.3 Å². The van der Waals surface area contributed by atoms with E-state index in [0.717, 1.165) is 34.1 Å². The summed E-state index contributed by atoms with van der Waals surface area (Å²) < 4.78 is 21.8. The Morgan fingerprint density at radius 2 is 1.85 bits per heavy atom. The summed E-state index contributed by atoms with van der Waals surface area (Å²) in [6, 6.07) is 8.14. The van der Waals surface area contributed by atoms with Gasteiger partial charge in [0, 0.05) is 28.8 Å². The normalized spacial score (nSPS) is 11.4. The molecule has 0 atom stereocenters. The van der Waals surface area contributed by atoms with Crippen LogP contribution >= 0.6 is 11.3 Å². The first-order valence-electron chi connectivity index (χ1n) is 12.7. The van der Waals surface area contributed by atoms with Crippen molar-refractivity contribution >= 4 is 39.4 Å². The van der Waals surface area contributed by atoms with E-state index in [-0.39, 0.29) is 29.9 Å². The average Bonchev–Trinajstić information content (AvgIpc) is 3.37. The van der Waals surface area contributed by atoms with E-state index < -0.39 is 17.7 Å². The molecular formula is C30H32N2O7S. The number of esters is 1. The fraction of sp³-hybridized carbons (Fsp3) is 0.333. The van der Waals surface area contributed by atoms with Crippen molar-refractivity contribution in [2.24, 2.45) is 0 Å². The maximum absolute atomic E-state index is 13.4. The fourth-order valence-corrected chi connectivity index (χ4v) is 5.10. The number of carbonyl (C=O) groups excluding carboxylic acids is 2. The molecule has 3 heterocycles. The van der Waals surface area contributed by atoms with Gasteiger partial charge in [-0.05, 0) is 70.9 Å². The highest BCUT2D eigenvalue weighted by molar-refractivity contribution is 7.14. The number of hydrogen-bond donors (Lipinski definition) is 0. The molecule has 0 N–H and O–H groups in total. The second-order valence-corrected chi connectivity index (χ2v) is 11.1. The van der Waals surface area contributed by atoms with Gasteiger partial charge in [0.2, 0.25) is 5.76 Å². The zero-order valence-electron chi connectivity index (χ0n) is 23.6. The quantitative estimate of drug-likeness (QED) is 0.229. The third kappa shape index (κ3) is 6.17. The number of aryl methyl sites for hydroxylation is 1. The van der Waals surface area contributed by atoms with Crippen molar-refractivity contribution in [3.05, 3.63) is 74.7 Å². The summed E-state index contributed by atoms with van der Waals surface area (Å²) in [5.74, 6) is -0.108. The zero-order valence-corrected chi connectivity index (χ0v) is 24.4. The van der Waals surface area contributed by atoms with Crippen molar-refractivity contribution < 1.29 is 28.2 Å². The number of methoxy groups -OCH3 is 1. The molecule has 0 saturated heterocycles. The summed E-state index contributed by atoms with van der Waals surface area (Å²) in [7, 11) is 1.61. The Morgan fingerprint density at radius 3 is 2.52 bits per heavy atom. The number of thiophene rings is 1. The third-order valence-electron chi connectivity index (χ3n) is 6.06. The van der Waals surface area contributed by atoms with E-state index in [1.54, 1.807) is 43.3 Å². The molecule has 210 valence electrons. The number of amides is 1. The van der Waals surface area contributed by atoms with E-state index in [0.29, 0.717) is 16.1 Å². The molecule has 0 radical (unpaired) electrons. The van der Waals surface area contributed by atoms with Gasteiger partial charge in [-0.25, -0.2) is 9.59 Å². The van der Waals surface area contributed by atoms with E-state index in [1.807, 2.05) is 46.1 Å². The van der Waals surface area contributed by atoms with Crippen LogP contribution in [0.3, 0.4) is 0 Å². The van der Waals surface area contributed by atoms with Crippen LogP contribution in [0.4, 0.5) is 9.80 Å². The Kier molecular flexibility index (Phi) is 8.29. The summed E-state index contributed by atoms with van der Waals surface area (Å²) >= 11 is 1.37. The summed E-state index contributed by atoms with van der Waals surface area (Å²) in [5.41, 5.74) is 3.21. The minimum absolute atomic E-state index is 0.144. The van der Waals surface area contributed by atoms with E-state index in [9.17, 15) is 14.4 Å². The molecule has 9 nitrogen and oxygen atoms in total. The molecule has 1 amide bonds. The average molecular weight is 565 g/mol. The van der Waals surface area contributed by atoms with E-state index >= 15 is 0 Å². The smallest absolute Gasteiger partial charge is 0.415 e. The van der Waals surface area contributed by atoms with Gasteiger partial charge in [-0.2, -0.15) is 0 Å². The van der Waals surface area contributed by atoms with Crippen molar-refractivity contribution in [2.45, 2.75) is 53.7 Å². The number of pyridine rings is 1. The Morgan fingerprint density at radius 1 is 1.10 bits per heavy atom. The van der Waals surface area contributed by atoms with Gasteiger partial charge in [-0.1, -0.05) is 6.07 Å². The minimum Gasteiger partial charge on any atom is -0.496 e. The first-order chi connectivity index (χ1) is 18.9. The molecule has 0 fully saturated rings. The van der Waals surface area contributed by atoms with Crippen LogP contribution in [-0.4, -0.2) is 36.4 Å². The predicted octanol–water partition coefficient (Wildman–Crippen LogP) is 6.66. The molecular weight excluding hydrogens is 532 g/mol. The number of rotatable bonds is 7. The highest BCUT2D eigenvalue weighted by Gasteiger charge is 2.27. The Bertz CT molecular complexity index is 1630. The SMILES string of the molecule is CCOC(=O)c1cc(=O)c2cc(-c3csc(N(Cc4ncc(C)c(OC)c4C)C(=O)OC(C)(C)C)c3)ccc2o1. The summed E-state index contributed by atoms with van der Waals surface area (Å²) in [6.07, 6.45) is 1.22. The van der Waals surface area contributed by atoms with E-state index in [4.69, 9.17) is 18.6 Å². The number of fused-ring (bicyclic) bond motifs is 1. The first kappa shape index (κ1) is 28.8. The van der Waals surface area contributed by atoms with Gasteiger partial charge in [-0.3, -0.25) is 14.7 Å². The number of aromatic nitrogens is 1. The van der Waals surface area contributed by atoms with Crippen molar-refractivity contribution in [3.8, 4) is 16.9 Å². The molecule has 0 spiro atoms. The van der Waals surface area contributed by atoms with Gasteiger partial charge in [0.15, 0.2) is 5.43 Å². The first-order valence-corrected chi connectivity index (χ1v) is 13.6. The molecule has 10 heteroatoms. The number of benzene rings is 1. The lowest BCUT2D eigenvalue weighted by atomic mass is 10.1. The van der Waals surface area contributed by atoms with Gasteiger partial charge in [0.25, 0.3) is 0 Å². The Balaban J connectivity index is 1.71. The van der Waals surface area contributed by atoms with E-state index in [1.165, 1.54) is 11.3 Å². The van der Waals surface area contributed by atoms with Gasteiger partial charge in [0.05, 0.1) is 31.3 Å². The van der Waals surface area contributed by atoms with Crippen LogP contribution in [0.5, 0.6) is 5.75 Å². The highest BCUT2D eigenvalue weighted by atomic mass is 32.1. The fourth-order valence-electron chi connectivity index (χ4n) is 4.19. The summed E-state index contributed by atoms with van der Waals surface area (Å²) in [6.45, 7) is 11.3. The molecule has 0 aliphatic carbocycles. The van der Waals surface area contributed by atoms with Crippen molar-refractivity contribution in [2.75, 3.05) is 18.6 Å². The Labute approximate surface area is 236 Å². The summed E-state index contributed by atoms with van der Waals surface area (Å²) in [5, 5.41) is 2.88. The molecule has 0 bridgehead atoms. The molecule has 0 unspecified atom stereocenters. The standard InChI is InChI=1S/C30H32N2O7S/c1-8-37-28(34)25-13-23(33)21-11-19(9-10-24(21)38-25)20-12-26(40-16-20)32(29(35)39-30(4,5)6)15-22-18(3)27(36-7)17(2)14-31-22/h9-14,16H,8,15H2,1-7H3. The number of hydrogen-bond acceptors (Lipinski definition) is 9. The molecule has 4 aromatic rings. The Hall–Kier alpha value is -4.18. The van der Waals surface area contributed by atoms with Crippen LogP contribution in [0.1, 0.15) is 55.1 Å². The monoisotopic (exact) mass is 564 g/mol. The molecule has 3 aromatic heterocycles. The number of nitrogens with zero attached hydrogens (tertiary/aromatic N) is 2. The van der Waals surface area contributed by atoms with Gasteiger partial charge >= 0.3 is 12.1 Å². The second kappa shape index (κ2) is 11.5. The topological polar surface area (TPSA) is 108 Å². The molecule has 4 rings (SSSR count). The minimum atomic E-state index is -0.697. The van der Waals surface area contributed by atoms with Crippen LogP contribution in [0, 0.1) is 13.8 Å². The lowest BCUT2D eigenvalue weighted by Crippen LogP contribution is -2.36. The molecule has 0 aliphatic heterocycles. The number of ether oxygens (including phenoxy) is 3. The second-order valence-electron chi connectivity index (χ2n) is 10.2. The lowest BCUT2D eigenvalue weighted by molar-refractivity contribution is 0.0489. The predicted molar refractivity (Wildman–Crippen MR) is 154 cm³/mol. The molecule has 0 aliphatic rings. The van der Waals surface area contributed by atoms with Crippen LogP contribution in [-0.2, 0) is 16.0 Å².